The summed E-state index contributed by atoms with van der Waals surface area (Å²) in [6.07, 6.45) is 3.71. The lowest BCUT2D eigenvalue weighted by molar-refractivity contribution is 0.0983. The Morgan fingerprint density at radius 1 is 1.53 bits per heavy atom. The third-order valence-electron chi connectivity index (χ3n) is 1.98. The molecule has 0 N–H and O–H groups in total. The number of carbonyl (C=O) groups excluding carboxylic acids is 1. The van der Waals surface area contributed by atoms with Crippen LogP contribution in [0.2, 0.25) is 0 Å². The Hall–Kier alpha value is -1.38. The van der Waals surface area contributed by atoms with Gasteiger partial charge in [0.25, 0.3) is 0 Å². The van der Waals surface area contributed by atoms with Gasteiger partial charge in [0.2, 0.25) is 0 Å². The number of ketones is 1. The van der Waals surface area contributed by atoms with Crippen LogP contribution in [0.25, 0.3) is 0 Å². The zero-order valence-electron chi connectivity index (χ0n) is 9.49. The Morgan fingerprint density at radius 2 is 2.27 bits per heavy atom. The lowest BCUT2D eigenvalue weighted by atomic mass is 10.1. The van der Waals surface area contributed by atoms with Gasteiger partial charge in [-0.05, 0) is 12.0 Å². The molecular formula is C12H17NO2. The van der Waals surface area contributed by atoms with Gasteiger partial charge in [0.15, 0.2) is 5.78 Å². The molecule has 82 valence electrons. The summed E-state index contributed by atoms with van der Waals surface area (Å²) in [5.41, 5.74) is 0.633. The van der Waals surface area contributed by atoms with Crippen molar-refractivity contribution in [3.05, 3.63) is 24.0 Å². The van der Waals surface area contributed by atoms with Gasteiger partial charge < -0.3 is 4.74 Å². The normalized spacial score (nSPS) is 10.4. The molecule has 0 spiro atoms. The summed E-state index contributed by atoms with van der Waals surface area (Å²) in [4.78, 5) is 15.5. The van der Waals surface area contributed by atoms with Crippen LogP contribution in [0.4, 0.5) is 0 Å². The van der Waals surface area contributed by atoms with E-state index in [-0.39, 0.29) is 5.78 Å². The third kappa shape index (κ3) is 3.35. The zero-order valence-corrected chi connectivity index (χ0v) is 9.49. The Labute approximate surface area is 90.5 Å². The summed E-state index contributed by atoms with van der Waals surface area (Å²) in [7, 11) is 0. The number of carbonyl (C=O) groups is 1. The molecule has 0 saturated carbocycles. The van der Waals surface area contributed by atoms with Crippen molar-refractivity contribution in [2.75, 3.05) is 6.61 Å². The van der Waals surface area contributed by atoms with Crippen LogP contribution in [0.3, 0.4) is 0 Å². The predicted octanol–water partition coefficient (Wildman–Crippen LogP) is 2.71. The van der Waals surface area contributed by atoms with Gasteiger partial charge in [0, 0.05) is 12.6 Å². The third-order valence-corrected chi connectivity index (χ3v) is 1.98. The van der Waals surface area contributed by atoms with E-state index in [1.807, 2.05) is 6.92 Å². The Kier molecular flexibility index (Phi) is 4.28. The second-order valence-electron chi connectivity index (χ2n) is 3.85. The van der Waals surface area contributed by atoms with Crippen molar-refractivity contribution in [3.63, 3.8) is 0 Å². The van der Waals surface area contributed by atoms with E-state index in [9.17, 15) is 4.79 Å². The van der Waals surface area contributed by atoms with E-state index in [0.717, 1.165) is 0 Å². The van der Waals surface area contributed by atoms with E-state index in [2.05, 4.69) is 18.8 Å². The summed E-state index contributed by atoms with van der Waals surface area (Å²) in [6.45, 7) is 6.58. The van der Waals surface area contributed by atoms with Gasteiger partial charge >= 0.3 is 0 Å². The molecule has 1 aromatic rings. The summed E-state index contributed by atoms with van der Waals surface area (Å²) in [6, 6.07) is 1.71. The zero-order chi connectivity index (χ0) is 11.3. The van der Waals surface area contributed by atoms with Crippen LogP contribution < -0.4 is 4.74 Å². The monoisotopic (exact) mass is 207 g/mol. The summed E-state index contributed by atoms with van der Waals surface area (Å²) >= 11 is 0. The molecule has 0 fully saturated rings. The van der Waals surface area contributed by atoms with Gasteiger partial charge in [-0.1, -0.05) is 20.8 Å². The molecule has 0 bridgehead atoms. The van der Waals surface area contributed by atoms with E-state index >= 15 is 0 Å². The maximum Gasteiger partial charge on any atom is 0.166 e. The van der Waals surface area contributed by atoms with Crippen LogP contribution in [0.1, 0.15) is 37.6 Å². The van der Waals surface area contributed by atoms with Crippen molar-refractivity contribution in [3.8, 4) is 5.75 Å². The Bertz CT molecular complexity index is 334. The van der Waals surface area contributed by atoms with Crippen molar-refractivity contribution in [2.45, 2.75) is 27.2 Å². The molecule has 0 radical (unpaired) electrons. The lowest BCUT2D eigenvalue weighted by Crippen LogP contribution is -2.08. The minimum atomic E-state index is 0.0937. The quantitative estimate of drug-likeness (QED) is 0.697. The number of rotatable bonds is 5. The number of hydrogen-bond donors (Lipinski definition) is 0. The lowest BCUT2D eigenvalue weighted by Gasteiger charge is -2.11. The van der Waals surface area contributed by atoms with Gasteiger partial charge in [-0.25, -0.2) is 0 Å². The molecule has 0 saturated heterocycles. The minimum absolute atomic E-state index is 0.0937. The number of ether oxygens (including phenoxy) is 1. The summed E-state index contributed by atoms with van der Waals surface area (Å²) in [5.74, 6) is 1.13. The molecule has 15 heavy (non-hydrogen) atoms. The summed E-state index contributed by atoms with van der Waals surface area (Å²) < 4.78 is 5.54. The molecule has 1 aromatic heterocycles. The predicted molar refractivity (Wildman–Crippen MR) is 59.2 cm³/mol. The fourth-order valence-corrected chi connectivity index (χ4v) is 1.17. The number of pyridine rings is 1. The molecule has 1 heterocycles. The van der Waals surface area contributed by atoms with E-state index in [1.165, 1.54) is 0 Å². The second kappa shape index (κ2) is 5.49. The molecule has 1 rings (SSSR count). The highest BCUT2D eigenvalue weighted by Gasteiger charge is 2.10. The smallest absolute Gasteiger partial charge is 0.166 e. The highest BCUT2D eigenvalue weighted by Crippen LogP contribution is 2.18. The van der Waals surface area contributed by atoms with E-state index < -0.39 is 0 Å². The van der Waals surface area contributed by atoms with Gasteiger partial charge in [0.05, 0.1) is 18.4 Å². The Morgan fingerprint density at radius 3 is 2.87 bits per heavy atom. The highest BCUT2D eigenvalue weighted by atomic mass is 16.5. The molecular weight excluding hydrogens is 190 g/mol. The first-order valence-corrected chi connectivity index (χ1v) is 5.25. The van der Waals surface area contributed by atoms with E-state index in [1.54, 1.807) is 18.5 Å². The first-order valence-electron chi connectivity index (χ1n) is 5.25. The molecule has 0 aliphatic heterocycles. The minimum Gasteiger partial charge on any atom is -0.491 e. The molecule has 0 atom stereocenters. The van der Waals surface area contributed by atoms with E-state index in [4.69, 9.17) is 4.74 Å². The molecule has 0 aromatic carbocycles. The van der Waals surface area contributed by atoms with Crippen LogP contribution in [0.15, 0.2) is 18.5 Å². The second-order valence-corrected chi connectivity index (χ2v) is 3.85. The van der Waals surface area contributed by atoms with Crippen molar-refractivity contribution >= 4 is 5.78 Å². The molecule has 0 unspecified atom stereocenters. The molecule has 0 aliphatic carbocycles. The first-order chi connectivity index (χ1) is 7.15. The summed E-state index contributed by atoms with van der Waals surface area (Å²) in [5, 5.41) is 0. The van der Waals surface area contributed by atoms with Gasteiger partial charge in [-0.3, -0.25) is 9.78 Å². The van der Waals surface area contributed by atoms with Crippen molar-refractivity contribution in [1.82, 2.24) is 4.98 Å². The number of nitrogens with zero attached hydrogens (tertiary/aromatic N) is 1. The van der Waals surface area contributed by atoms with Gasteiger partial charge in [0.1, 0.15) is 5.75 Å². The average molecular weight is 207 g/mol. The van der Waals surface area contributed by atoms with Crippen molar-refractivity contribution < 1.29 is 9.53 Å². The van der Waals surface area contributed by atoms with Crippen LogP contribution in [-0.4, -0.2) is 17.4 Å². The molecule has 0 amide bonds. The van der Waals surface area contributed by atoms with Gasteiger partial charge in [-0.2, -0.15) is 0 Å². The number of Topliss-reactive ketones (excluding diaryl/α,β-unsaturated/α-hetero) is 1. The van der Waals surface area contributed by atoms with Crippen molar-refractivity contribution in [2.24, 2.45) is 5.92 Å². The Balaban J connectivity index is 2.81. The first kappa shape index (κ1) is 11.7. The fourth-order valence-electron chi connectivity index (χ4n) is 1.17. The maximum absolute atomic E-state index is 11.6. The molecule has 3 nitrogen and oxygen atoms in total. The fraction of sp³-hybridized carbons (Fsp3) is 0.500. The van der Waals surface area contributed by atoms with Crippen LogP contribution in [0, 0.1) is 5.92 Å². The molecule has 0 aliphatic rings. The molecule has 3 heteroatoms. The topological polar surface area (TPSA) is 39.2 Å². The number of hydrogen-bond acceptors (Lipinski definition) is 3. The van der Waals surface area contributed by atoms with E-state index in [0.29, 0.717) is 30.3 Å². The van der Waals surface area contributed by atoms with Crippen molar-refractivity contribution in [1.29, 1.82) is 0 Å². The average Bonchev–Trinajstić information content (AvgIpc) is 2.25. The highest BCUT2D eigenvalue weighted by molar-refractivity contribution is 5.98. The van der Waals surface area contributed by atoms with Crippen LogP contribution in [-0.2, 0) is 0 Å². The maximum atomic E-state index is 11.6. The largest absolute Gasteiger partial charge is 0.491 e. The van der Waals surface area contributed by atoms with Crippen LogP contribution >= 0.6 is 0 Å². The van der Waals surface area contributed by atoms with Crippen LogP contribution in [0.5, 0.6) is 5.75 Å². The standard InChI is InChI=1S/C12H17NO2/c1-4-11(14)10-5-6-13-7-12(10)15-8-9(2)3/h5-7,9H,4,8H2,1-3H3. The van der Waals surface area contributed by atoms with Gasteiger partial charge in [-0.15, -0.1) is 0 Å². The number of aromatic nitrogens is 1. The SMILES string of the molecule is CCC(=O)c1ccncc1OCC(C)C.